The number of halogens is 1. The lowest BCUT2D eigenvalue weighted by Crippen LogP contribution is -2.50. The van der Waals surface area contributed by atoms with Crippen LogP contribution in [0, 0.1) is 8.99 Å². The van der Waals surface area contributed by atoms with Crippen LogP contribution in [0.3, 0.4) is 0 Å². The van der Waals surface area contributed by atoms with Gasteiger partial charge in [-0.2, -0.15) is 0 Å². The number of nitrogens with two attached hydrogens (primary N) is 1. The van der Waals surface area contributed by atoms with Crippen molar-refractivity contribution in [3.8, 4) is 0 Å². The third kappa shape index (κ3) is 4.99. The molecule has 0 radical (unpaired) electrons. The molecule has 2 rings (SSSR count). The van der Waals surface area contributed by atoms with Crippen molar-refractivity contribution in [3.63, 3.8) is 0 Å². The zero-order valence-corrected chi connectivity index (χ0v) is 16.6. The van der Waals surface area contributed by atoms with Crippen LogP contribution in [0.25, 0.3) is 0 Å². The van der Waals surface area contributed by atoms with Crippen molar-refractivity contribution in [2.45, 2.75) is 52.2 Å². The summed E-state index contributed by atoms with van der Waals surface area (Å²) in [4.78, 5) is 24.8. The van der Waals surface area contributed by atoms with Gasteiger partial charge in [0, 0.05) is 3.57 Å². The van der Waals surface area contributed by atoms with Gasteiger partial charge in [0.05, 0.1) is 11.4 Å². The van der Waals surface area contributed by atoms with Crippen molar-refractivity contribution in [1.82, 2.24) is 5.32 Å². The van der Waals surface area contributed by atoms with E-state index in [0.717, 1.165) is 16.4 Å². The van der Waals surface area contributed by atoms with Gasteiger partial charge in [-0.05, 0) is 79.8 Å². The van der Waals surface area contributed by atoms with Gasteiger partial charge in [-0.15, -0.1) is 0 Å². The zero-order chi connectivity index (χ0) is 18.1. The van der Waals surface area contributed by atoms with Gasteiger partial charge in [0.15, 0.2) is 0 Å². The van der Waals surface area contributed by atoms with E-state index in [4.69, 9.17) is 10.5 Å². The minimum absolute atomic E-state index is 0.251. The number of carbonyl (C=O) groups excluding carboxylic acids is 2. The summed E-state index contributed by atoms with van der Waals surface area (Å²) in [6, 6.07) is 4.74. The van der Waals surface area contributed by atoms with E-state index in [0.29, 0.717) is 11.4 Å². The van der Waals surface area contributed by atoms with E-state index in [9.17, 15) is 9.59 Å². The first kappa shape index (κ1) is 18.8. The second-order valence-electron chi connectivity index (χ2n) is 7.45. The number of hydrogen-bond acceptors (Lipinski definition) is 4. The number of rotatable bonds is 4. The Hall–Kier alpha value is -1.51. The Morgan fingerprint density at radius 2 is 1.96 bits per heavy atom. The fraction of sp³-hybridized carbons (Fsp3) is 0.529. The van der Waals surface area contributed by atoms with E-state index in [1.807, 2.05) is 13.0 Å². The second kappa shape index (κ2) is 6.78. The summed E-state index contributed by atoms with van der Waals surface area (Å²) < 4.78 is 6.26. The van der Waals surface area contributed by atoms with Gasteiger partial charge in [-0.3, -0.25) is 4.79 Å². The minimum Gasteiger partial charge on any atom is -0.444 e. The average Bonchev–Trinajstić information content (AvgIpc) is 3.16. The van der Waals surface area contributed by atoms with E-state index in [-0.39, 0.29) is 11.3 Å². The molecule has 0 bridgehead atoms. The summed E-state index contributed by atoms with van der Waals surface area (Å²) in [6.45, 7) is 7.33. The van der Waals surface area contributed by atoms with Crippen molar-refractivity contribution in [3.05, 3.63) is 21.8 Å². The molecule has 24 heavy (non-hydrogen) atoms. The molecule has 6 nitrogen and oxygen atoms in total. The quantitative estimate of drug-likeness (QED) is 0.489. The molecule has 7 heteroatoms. The molecule has 0 aliphatic heterocycles. The Morgan fingerprint density at radius 3 is 2.46 bits per heavy atom. The lowest BCUT2D eigenvalue weighted by Gasteiger charge is -2.26. The van der Waals surface area contributed by atoms with Crippen LogP contribution in [0.1, 0.15) is 40.5 Å². The van der Waals surface area contributed by atoms with Gasteiger partial charge in [0.25, 0.3) is 0 Å². The van der Waals surface area contributed by atoms with Crippen molar-refractivity contribution in [1.29, 1.82) is 0 Å². The number of carbonyl (C=O) groups is 2. The van der Waals surface area contributed by atoms with Gasteiger partial charge >= 0.3 is 6.09 Å². The number of nitrogens with one attached hydrogen (secondary N) is 2. The van der Waals surface area contributed by atoms with E-state index in [1.54, 1.807) is 32.9 Å². The van der Waals surface area contributed by atoms with Gasteiger partial charge < -0.3 is 21.1 Å². The van der Waals surface area contributed by atoms with Crippen molar-refractivity contribution in [2.24, 2.45) is 5.41 Å². The van der Waals surface area contributed by atoms with Gasteiger partial charge in [-0.1, -0.05) is 6.92 Å². The second-order valence-corrected chi connectivity index (χ2v) is 8.70. The third-order valence-corrected chi connectivity index (χ3v) is 4.60. The Balaban J connectivity index is 2.10. The molecule has 1 aromatic carbocycles. The molecule has 1 aromatic rings. The van der Waals surface area contributed by atoms with Crippen molar-refractivity contribution in [2.75, 3.05) is 11.1 Å². The van der Waals surface area contributed by atoms with Crippen LogP contribution in [0.15, 0.2) is 18.2 Å². The molecule has 132 valence electrons. The summed E-state index contributed by atoms with van der Waals surface area (Å²) in [6.07, 6.45) is 1.16. The number of anilines is 2. The Labute approximate surface area is 156 Å². The molecular formula is C17H24IN3O3. The summed E-state index contributed by atoms with van der Waals surface area (Å²) >= 11 is 2.15. The Bertz CT molecular complexity index is 651. The molecule has 4 N–H and O–H groups in total. The Kier molecular flexibility index (Phi) is 5.31. The topological polar surface area (TPSA) is 93.4 Å². The molecule has 1 aliphatic rings. The summed E-state index contributed by atoms with van der Waals surface area (Å²) in [7, 11) is 0. The van der Waals surface area contributed by atoms with Gasteiger partial charge in [0.1, 0.15) is 11.6 Å². The Morgan fingerprint density at radius 1 is 1.33 bits per heavy atom. The maximum atomic E-state index is 12.7. The van der Waals surface area contributed by atoms with E-state index < -0.39 is 17.7 Å². The first-order valence-electron chi connectivity index (χ1n) is 7.86. The maximum absolute atomic E-state index is 12.7. The van der Waals surface area contributed by atoms with Crippen LogP contribution >= 0.6 is 22.6 Å². The highest BCUT2D eigenvalue weighted by Crippen LogP contribution is 2.48. The molecule has 1 aliphatic carbocycles. The highest BCUT2D eigenvalue weighted by molar-refractivity contribution is 14.1. The molecule has 1 atom stereocenters. The molecule has 0 aromatic heterocycles. The van der Waals surface area contributed by atoms with E-state index in [2.05, 4.69) is 33.2 Å². The summed E-state index contributed by atoms with van der Waals surface area (Å²) in [5.74, 6) is -0.284. The standard InChI is InChI=1S/C17H24IN3O3/c1-16(2,3)24-15(23)21-13(17(4)7-8-17)14(22)20-12-6-5-10(18)9-11(12)19/h5-6,9,13H,7-8,19H2,1-4H3,(H,20,22)(H,21,23)/t13-/m1/s1. The van der Waals surface area contributed by atoms with Crippen molar-refractivity contribution < 1.29 is 14.3 Å². The molecule has 1 fully saturated rings. The van der Waals surface area contributed by atoms with Crippen LogP contribution in [0.5, 0.6) is 0 Å². The molecule has 0 heterocycles. The predicted molar refractivity (Wildman–Crippen MR) is 103 cm³/mol. The number of amides is 2. The fourth-order valence-corrected chi connectivity index (χ4v) is 2.84. The monoisotopic (exact) mass is 445 g/mol. The third-order valence-electron chi connectivity index (χ3n) is 3.93. The normalized spacial score (nSPS) is 16.9. The van der Waals surface area contributed by atoms with Crippen LogP contribution in [0.4, 0.5) is 16.2 Å². The van der Waals surface area contributed by atoms with Gasteiger partial charge in [-0.25, -0.2) is 4.79 Å². The molecular weight excluding hydrogens is 421 g/mol. The van der Waals surface area contributed by atoms with Crippen LogP contribution in [0.2, 0.25) is 0 Å². The number of benzene rings is 1. The number of alkyl carbamates (subject to hydrolysis) is 1. The van der Waals surface area contributed by atoms with Crippen LogP contribution < -0.4 is 16.4 Å². The molecule has 0 spiro atoms. The van der Waals surface area contributed by atoms with Crippen LogP contribution in [-0.2, 0) is 9.53 Å². The summed E-state index contributed by atoms with van der Waals surface area (Å²) in [5, 5.41) is 5.53. The SMILES string of the molecule is CC(C)(C)OC(=O)N[C@H](C(=O)Nc1ccc(I)cc1N)C1(C)CC1. The molecule has 1 saturated carbocycles. The van der Waals surface area contributed by atoms with Crippen molar-refractivity contribution >= 4 is 46.0 Å². The molecule has 0 unspecified atom stereocenters. The van der Waals surface area contributed by atoms with E-state index in [1.165, 1.54) is 0 Å². The molecule has 2 amide bonds. The predicted octanol–water partition coefficient (Wildman–Crippen LogP) is 3.51. The minimum atomic E-state index is -0.661. The lowest BCUT2D eigenvalue weighted by molar-refractivity contribution is -0.119. The lowest BCUT2D eigenvalue weighted by atomic mass is 9.98. The first-order chi connectivity index (χ1) is 11.0. The average molecular weight is 445 g/mol. The zero-order valence-electron chi connectivity index (χ0n) is 14.4. The smallest absolute Gasteiger partial charge is 0.408 e. The first-order valence-corrected chi connectivity index (χ1v) is 8.93. The highest BCUT2D eigenvalue weighted by atomic mass is 127. The number of ether oxygens (including phenoxy) is 1. The number of hydrogen-bond donors (Lipinski definition) is 3. The highest BCUT2D eigenvalue weighted by Gasteiger charge is 2.49. The largest absolute Gasteiger partial charge is 0.444 e. The maximum Gasteiger partial charge on any atom is 0.408 e. The van der Waals surface area contributed by atoms with E-state index >= 15 is 0 Å². The molecule has 0 saturated heterocycles. The summed E-state index contributed by atoms with van der Waals surface area (Å²) in [5.41, 5.74) is 6.12. The van der Waals surface area contributed by atoms with Crippen LogP contribution in [-0.4, -0.2) is 23.6 Å². The number of nitrogen functional groups attached to an aromatic ring is 1. The fourth-order valence-electron chi connectivity index (χ4n) is 2.32. The van der Waals surface area contributed by atoms with Gasteiger partial charge in [0.2, 0.25) is 5.91 Å².